The Bertz CT molecular complexity index is 738. The van der Waals surface area contributed by atoms with Crippen LogP contribution in [0.4, 0.5) is 26.7 Å². The van der Waals surface area contributed by atoms with Crippen molar-refractivity contribution in [1.29, 1.82) is 0 Å². The number of hydrogen-bond donors (Lipinski definition) is 3. The molecular weight excluding hydrogens is 433 g/mol. The van der Waals surface area contributed by atoms with E-state index in [0.29, 0.717) is 17.1 Å². The van der Waals surface area contributed by atoms with Gasteiger partial charge < -0.3 is 15.4 Å². The van der Waals surface area contributed by atoms with Crippen molar-refractivity contribution in [3.8, 4) is 0 Å². The summed E-state index contributed by atoms with van der Waals surface area (Å²) in [6, 6.07) is 14.1. The van der Waals surface area contributed by atoms with Crippen molar-refractivity contribution in [3.05, 3.63) is 54.1 Å². The zero-order valence-corrected chi connectivity index (χ0v) is 16.2. The predicted octanol–water partition coefficient (Wildman–Crippen LogP) is 5.36. The molecule has 3 amide bonds. The summed E-state index contributed by atoms with van der Waals surface area (Å²) in [6.45, 7) is 3.81. The van der Waals surface area contributed by atoms with E-state index >= 15 is 0 Å². The second-order valence-electron chi connectivity index (χ2n) is 5.32. The summed E-state index contributed by atoms with van der Waals surface area (Å²) in [6.07, 6.45) is 0.207. The lowest BCUT2D eigenvalue weighted by molar-refractivity contribution is 0.155. The maximum Gasteiger partial charge on any atom is 0.412 e. The Morgan fingerprint density at radius 2 is 1.76 bits per heavy atom. The van der Waals surface area contributed by atoms with E-state index in [1.807, 2.05) is 38.1 Å². The highest BCUT2D eigenvalue weighted by molar-refractivity contribution is 14.1. The van der Waals surface area contributed by atoms with Gasteiger partial charge in [-0.05, 0) is 65.8 Å². The van der Waals surface area contributed by atoms with Crippen LogP contribution in [-0.4, -0.2) is 16.2 Å². The van der Waals surface area contributed by atoms with Gasteiger partial charge in [0.1, 0.15) is 0 Å². The van der Waals surface area contributed by atoms with Crippen LogP contribution in [0, 0.1) is 6.92 Å². The minimum Gasteiger partial charge on any atom is -0.435 e. The van der Waals surface area contributed by atoms with E-state index in [-0.39, 0.29) is 10.1 Å². The molecular formula is C18H20IN3O3. The lowest BCUT2D eigenvalue weighted by Gasteiger charge is -2.13. The van der Waals surface area contributed by atoms with Crippen LogP contribution in [0.1, 0.15) is 18.9 Å². The zero-order chi connectivity index (χ0) is 18.2. The molecule has 0 heterocycles. The van der Waals surface area contributed by atoms with Gasteiger partial charge in [-0.3, -0.25) is 5.32 Å². The molecule has 2 aromatic rings. The van der Waals surface area contributed by atoms with Crippen molar-refractivity contribution in [2.45, 2.75) is 24.4 Å². The van der Waals surface area contributed by atoms with Gasteiger partial charge in [-0.1, -0.05) is 31.2 Å². The molecule has 2 aromatic carbocycles. The molecule has 0 aromatic heterocycles. The molecule has 0 saturated heterocycles. The summed E-state index contributed by atoms with van der Waals surface area (Å²) in [7, 11) is 0. The first-order chi connectivity index (χ1) is 12.0. The summed E-state index contributed by atoms with van der Waals surface area (Å²) in [5.41, 5.74) is 2.73. The Labute approximate surface area is 160 Å². The van der Waals surface area contributed by atoms with Gasteiger partial charge >= 0.3 is 12.1 Å². The molecule has 0 spiro atoms. The van der Waals surface area contributed by atoms with Crippen molar-refractivity contribution in [2.24, 2.45) is 0 Å². The molecule has 6 nitrogen and oxygen atoms in total. The van der Waals surface area contributed by atoms with Crippen LogP contribution in [0.25, 0.3) is 0 Å². The highest BCUT2D eigenvalue weighted by Gasteiger charge is 2.11. The molecule has 0 bridgehead atoms. The second-order valence-corrected chi connectivity index (χ2v) is 6.71. The number of aryl methyl sites for hydroxylation is 1. The highest BCUT2D eigenvalue weighted by Crippen LogP contribution is 2.21. The second kappa shape index (κ2) is 9.26. The van der Waals surface area contributed by atoms with Gasteiger partial charge in [-0.2, -0.15) is 0 Å². The maximum absolute atomic E-state index is 12.1. The van der Waals surface area contributed by atoms with Crippen molar-refractivity contribution in [2.75, 3.05) is 16.0 Å². The van der Waals surface area contributed by atoms with Crippen molar-refractivity contribution in [1.82, 2.24) is 0 Å². The first-order valence-electron chi connectivity index (χ1n) is 7.83. The Balaban J connectivity index is 2.01. The largest absolute Gasteiger partial charge is 0.435 e. The van der Waals surface area contributed by atoms with Crippen molar-refractivity contribution >= 4 is 51.8 Å². The van der Waals surface area contributed by atoms with Gasteiger partial charge in [-0.25, -0.2) is 9.59 Å². The van der Waals surface area contributed by atoms with Crippen LogP contribution in [0.5, 0.6) is 0 Å². The maximum atomic E-state index is 12.1. The Hall–Kier alpha value is -2.29. The first-order valence-corrected chi connectivity index (χ1v) is 9.08. The van der Waals surface area contributed by atoms with Crippen LogP contribution < -0.4 is 16.0 Å². The Morgan fingerprint density at radius 1 is 1.04 bits per heavy atom. The normalized spacial score (nSPS) is 11.3. The zero-order valence-electron chi connectivity index (χ0n) is 14.0. The van der Waals surface area contributed by atoms with Gasteiger partial charge in [0.05, 0.1) is 0 Å². The molecule has 0 aliphatic carbocycles. The third-order valence-corrected chi connectivity index (χ3v) is 4.45. The average Bonchev–Trinajstić information content (AvgIpc) is 2.58. The van der Waals surface area contributed by atoms with Gasteiger partial charge in [0.25, 0.3) is 0 Å². The number of halogens is 1. The van der Waals surface area contributed by atoms with E-state index in [9.17, 15) is 9.59 Å². The van der Waals surface area contributed by atoms with E-state index < -0.39 is 6.09 Å². The molecule has 1 atom stereocenters. The molecule has 0 aliphatic heterocycles. The fourth-order valence-corrected chi connectivity index (χ4v) is 2.22. The number of amides is 3. The van der Waals surface area contributed by atoms with E-state index in [1.54, 1.807) is 24.3 Å². The Morgan fingerprint density at radius 3 is 2.44 bits per heavy atom. The quantitative estimate of drug-likeness (QED) is 0.422. The number of carbonyl (C=O) groups excluding carboxylic acids is 2. The van der Waals surface area contributed by atoms with Crippen LogP contribution in [0.2, 0.25) is 0 Å². The van der Waals surface area contributed by atoms with E-state index in [0.717, 1.165) is 12.0 Å². The van der Waals surface area contributed by atoms with E-state index in [2.05, 4.69) is 38.5 Å². The molecule has 7 heteroatoms. The average molecular weight is 453 g/mol. The molecule has 0 aliphatic rings. The summed E-state index contributed by atoms with van der Waals surface area (Å²) < 4.78 is 4.99. The number of urea groups is 1. The van der Waals surface area contributed by atoms with Crippen molar-refractivity contribution < 1.29 is 14.3 Å². The number of carbonyl (C=O) groups is 2. The molecule has 25 heavy (non-hydrogen) atoms. The smallest absolute Gasteiger partial charge is 0.412 e. The summed E-state index contributed by atoms with van der Waals surface area (Å²) >= 11 is 2.05. The molecule has 0 radical (unpaired) electrons. The van der Waals surface area contributed by atoms with Crippen LogP contribution in [-0.2, 0) is 4.74 Å². The number of alkyl halides is 1. The SMILES string of the molecule is CCC(I)OC(=O)Nc1ccc(C)c(NC(=O)Nc2ccccc2)c1. The van der Waals surface area contributed by atoms with Gasteiger partial charge in [0.15, 0.2) is 4.11 Å². The van der Waals surface area contributed by atoms with Gasteiger partial charge in [-0.15, -0.1) is 0 Å². The summed E-state index contributed by atoms with van der Waals surface area (Å²) in [4.78, 5) is 23.9. The summed E-state index contributed by atoms with van der Waals surface area (Å²) in [5.74, 6) is 0. The molecule has 0 saturated carbocycles. The monoisotopic (exact) mass is 453 g/mol. The van der Waals surface area contributed by atoms with E-state index in [4.69, 9.17) is 4.74 Å². The van der Waals surface area contributed by atoms with E-state index in [1.165, 1.54) is 0 Å². The first kappa shape index (κ1) is 19.0. The summed E-state index contributed by atoms with van der Waals surface area (Å²) in [5, 5.41) is 8.19. The fourth-order valence-electron chi connectivity index (χ4n) is 1.99. The van der Waals surface area contributed by atoms with Crippen LogP contribution in [0.3, 0.4) is 0 Å². The number of anilines is 3. The van der Waals surface area contributed by atoms with Crippen LogP contribution >= 0.6 is 22.6 Å². The molecule has 2 rings (SSSR count). The molecule has 132 valence electrons. The molecule has 0 fully saturated rings. The molecule has 3 N–H and O–H groups in total. The van der Waals surface area contributed by atoms with Gasteiger partial charge in [0.2, 0.25) is 0 Å². The number of hydrogen-bond acceptors (Lipinski definition) is 3. The number of para-hydroxylation sites is 1. The molecule has 1 unspecified atom stereocenters. The standard InChI is InChI=1S/C18H20IN3O3/c1-3-16(19)25-18(24)21-14-10-9-12(2)15(11-14)22-17(23)20-13-7-5-4-6-8-13/h4-11,16H,3H2,1-2H3,(H,21,24)(H2,20,22,23). The Kier molecular flexibility index (Phi) is 7.05. The number of ether oxygens (including phenoxy) is 1. The van der Waals surface area contributed by atoms with Crippen molar-refractivity contribution in [3.63, 3.8) is 0 Å². The lowest BCUT2D eigenvalue weighted by atomic mass is 10.2. The third-order valence-electron chi connectivity index (χ3n) is 3.32. The minimum atomic E-state index is -0.523. The number of nitrogens with one attached hydrogen (secondary N) is 3. The topological polar surface area (TPSA) is 79.5 Å². The third kappa shape index (κ3) is 6.26. The van der Waals surface area contributed by atoms with Crippen LogP contribution in [0.15, 0.2) is 48.5 Å². The van der Waals surface area contributed by atoms with Gasteiger partial charge in [0, 0.05) is 17.1 Å². The minimum absolute atomic E-state index is 0.183. The number of rotatable bonds is 5. The number of benzene rings is 2. The predicted molar refractivity (Wildman–Crippen MR) is 108 cm³/mol. The highest BCUT2D eigenvalue weighted by atomic mass is 127. The lowest BCUT2D eigenvalue weighted by Crippen LogP contribution is -2.20. The fraction of sp³-hybridized carbons (Fsp3) is 0.222.